The van der Waals surface area contributed by atoms with Crippen LogP contribution in [0.15, 0.2) is 70.8 Å². The molecule has 0 amide bonds. The number of aromatic amines is 1. The fourth-order valence-corrected chi connectivity index (χ4v) is 4.46. The van der Waals surface area contributed by atoms with E-state index in [4.69, 9.17) is 4.98 Å². The van der Waals surface area contributed by atoms with Gasteiger partial charge in [-0.2, -0.15) is 0 Å². The maximum absolute atomic E-state index is 12.5. The van der Waals surface area contributed by atoms with Gasteiger partial charge in [-0.3, -0.25) is 4.79 Å². The second-order valence-corrected chi connectivity index (χ2v) is 8.74. The van der Waals surface area contributed by atoms with E-state index < -0.39 is 0 Å². The van der Waals surface area contributed by atoms with E-state index in [0.717, 1.165) is 5.52 Å². The number of hydrogen-bond acceptors (Lipinski definition) is 3. The summed E-state index contributed by atoms with van der Waals surface area (Å²) in [5.74, 6) is 1.22. The molecule has 0 fully saturated rings. The van der Waals surface area contributed by atoms with Gasteiger partial charge in [-0.25, -0.2) is 4.98 Å². The van der Waals surface area contributed by atoms with Gasteiger partial charge in [0.1, 0.15) is 12.1 Å². The molecule has 0 aliphatic rings. The lowest BCUT2D eigenvalue weighted by Crippen LogP contribution is -2.86. The van der Waals surface area contributed by atoms with E-state index in [9.17, 15) is 4.79 Å². The fourth-order valence-electron chi connectivity index (χ4n) is 3.63. The molecule has 2 aromatic carbocycles. The van der Waals surface area contributed by atoms with E-state index in [1.54, 1.807) is 11.3 Å². The number of nitrogens with zero attached hydrogens (tertiary/aromatic N) is 1. The Balaban J connectivity index is 1.67. The van der Waals surface area contributed by atoms with Crippen LogP contribution in [-0.2, 0) is 0 Å². The van der Waals surface area contributed by atoms with E-state index in [-0.39, 0.29) is 17.6 Å². The number of H-pyrrole nitrogens is 1. The summed E-state index contributed by atoms with van der Waals surface area (Å²) in [6, 6.07) is 20.8. The van der Waals surface area contributed by atoms with Crippen LogP contribution in [-0.4, -0.2) is 9.97 Å². The summed E-state index contributed by atoms with van der Waals surface area (Å²) in [5.41, 5.74) is 3.25. The minimum atomic E-state index is -0.0835. The summed E-state index contributed by atoms with van der Waals surface area (Å²) < 4.78 is 0. The zero-order valence-corrected chi connectivity index (χ0v) is 17.7. The molecule has 0 unspecified atom stereocenters. The molecule has 0 radical (unpaired) electrons. The number of nitrogens with two attached hydrogens (primary N) is 1. The predicted octanol–water partition coefficient (Wildman–Crippen LogP) is 4.52. The average molecular weight is 405 g/mol. The Kier molecular flexibility index (Phi) is 5.60. The number of benzene rings is 2. The molecule has 0 saturated heterocycles. The molecule has 2 heterocycles. The summed E-state index contributed by atoms with van der Waals surface area (Å²) in [5, 5.41) is 5.02. The van der Waals surface area contributed by atoms with E-state index in [0.29, 0.717) is 17.1 Å². The van der Waals surface area contributed by atoms with Gasteiger partial charge in [-0.15, -0.1) is 11.3 Å². The van der Waals surface area contributed by atoms with Gasteiger partial charge in [-0.1, -0.05) is 56.3 Å². The SMILES string of the molecule is CC(C)c1ccc([C@@H]([NH2+][C@@H](C)c2nc3ccccc3c(=O)[nH]2)c2cccs2)cc1. The minimum absolute atomic E-state index is 0.00387. The van der Waals surface area contributed by atoms with Crippen LogP contribution in [0.1, 0.15) is 60.6 Å². The van der Waals surface area contributed by atoms with Crippen molar-refractivity contribution in [2.45, 2.75) is 38.8 Å². The molecule has 4 nitrogen and oxygen atoms in total. The number of rotatable bonds is 6. The highest BCUT2D eigenvalue weighted by Crippen LogP contribution is 2.25. The molecule has 148 valence electrons. The van der Waals surface area contributed by atoms with Crippen LogP contribution >= 0.6 is 11.3 Å². The first-order valence-corrected chi connectivity index (χ1v) is 10.9. The second-order valence-electron chi connectivity index (χ2n) is 7.76. The van der Waals surface area contributed by atoms with Crippen molar-refractivity contribution in [3.05, 3.63) is 98.2 Å². The molecule has 0 aliphatic heterocycles. The average Bonchev–Trinajstić information content (AvgIpc) is 3.26. The van der Waals surface area contributed by atoms with Crippen LogP contribution in [0.4, 0.5) is 0 Å². The van der Waals surface area contributed by atoms with Gasteiger partial charge >= 0.3 is 0 Å². The van der Waals surface area contributed by atoms with Crippen LogP contribution in [0.5, 0.6) is 0 Å². The van der Waals surface area contributed by atoms with Crippen molar-refractivity contribution in [1.82, 2.24) is 9.97 Å². The summed E-state index contributed by atoms with van der Waals surface area (Å²) in [6.45, 7) is 6.51. The first-order valence-electron chi connectivity index (χ1n) is 10.00. The first kappa shape index (κ1) is 19.6. The van der Waals surface area contributed by atoms with Crippen molar-refractivity contribution in [1.29, 1.82) is 0 Å². The van der Waals surface area contributed by atoms with Crippen LogP contribution in [0.25, 0.3) is 10.9 Å². The quantitative estimate of drug-likeness (QED) is 0.496. The lowest BCUT2D eigenvalue weighted by molar-refractivity contribution is -0.723. The van der Waals surface area contributed by atoms with Gasteiger partial charge < -0.3 is 10.3 Å². The molecule has 0 spiro atoms. The molecule has 2 atom stereocenters. The minimum Gasteiger partial charge on any atom is -0.327 e. The summed E-state index contributed by atoms with van der Waals surface area (Å²) in [7, 11) is 0. The molecule has 4 rings (SSSR count). The second kappa shape index (κ2) is 8.31. The predicted molar refractivity (Wildman–Crippen MR) is 119 cm³/mol. The number of nitrogens with one attached hydrogen (secondary N) is 1. The van der Waals surface area contributed by atoms with Crippen molar-refractivity contribution >= 4 is 22.2 Å². The first-order chi connectivity index (χ1) is 14.0. The molecule has 0 aliphatic carbocycles. The van der Waals surface area contributed by atoms with Crippen molar-refractivity contribution in [3.8, 4) is 0 Å². The number of quaternary nitrogens is 1. The fraction of sp³-hybridized carbons (Fsp3) is 0.250. The Morgan fingerprint density at radius 1 is 0.931 bits per heavy atom. The summed E-state index contributed by atoms with van der Waals surface area (Å²) in [6.07, 6.45) is 0. The van der Waals surface area contributed by atoms with Gasteiger partial charge in [0.15, 0.2) is 5.82 Å². The highest BCUT2D eigenvalue weighted by Gasteiger charge is 2.24. The van der Waals surface area contributed by atoms with E-state index in [1.807, 2.05) is 24.3 Å². The maximum Gasteiger partial charge on any atom is 0.258 e. The Labute approximate surface area is 174 Å². The van der Waals surface area contributed by atoms with Gasteiger partial charge in [0.2, 0.25) is 0 Å². The molecule has 29 heavy (non-hydrogen) atoms. The molecule has 0 saturated carbocycles. The third kappa shape index (κ3) is 4.16. The standard InChI is InChI=1S/C24H25N3OS/c1-15(2)17-10-12-18(13-11-17)22(21-9-6-14-29-21)25-16(3)23-26-20-8-5-4-7-19(20)24(28)27-23/h4-16,22,25H,1-3H3,(H,26,27,28)/p+1/t16-,22+/m0/s1. The third-order valence-electron chi connectivity index (χ3n) is 5.36. The number of aromatic nitrogens is 2. The number of hydrogen-bond donors (Lipinski definition) is 2. The Morgan fingerprint density at radius 2 is 1.66 bits per heavy atom. The lowest BCUT2D eigenvalue weighted by Gasteiger charge is -2.20. The normalized spacial score (nSPS) is 13.7. The largest absolute Gasteiger partial charge is 0.327 e. The Morgan fingerprint density at radius 3 is 2.34 bits per heavy atom. The lowest BCUT2D eigenvalue weighted by atomic mass is 9.98. The van der Waals surface area contributed by atoms with Crippen molar-refractivity contribution in [2.75, 3.05) is 0 Å². The monoisotopic (exact) mass is 404 g/mol. The number of thiophene rings is 1. The van der Waals surface area contributed by atoms with E-state index in [2.05, 4.69) is 72.9 Å². The third-order valence-corrected chi connectivity index (χ3v) is 6.31. The van der Waals surface area contributed by atoms with Gasteiger partial charge in [0.25, 0.3) is 5.56 Å². The smallest absolute Gasteiger partial charge is 0.258 e. The van der Waals surface area contributed by atoms with Crippen LogP contribution in [0, 0.1) is 0 Å². The molecule has 2 aromatic heterocycles. The van der Waals surface area contributed by atoms with Crippen molar-refractivity contribution < 1.29 is 5.32 Å². The summed E-state index contributed by atoms with van der Waals surface area (Å²) >= 11 is 1.76. The molecule has 5 heteroatoms. The zero-order valence-electron chi connectivity index (χ0n) is 16.9. The highest BCUT2D eigenvalue weighted by molar-refractivity contribution is 7.10. The molecule has 3 N–H and O–H groups in total. The number of fused-ring (bicyclic) bond motifs is 1. The van der Waals surface area contributed by atoms with Gasteiger partial charge in [0.05, 0.1) is 15.8 Å². The topological polar surface area (TPSA) is 62.4 Å². The molecule has 0 bridgehead atoms. The molecular weight excluding hydrogens is 378 g/mol. The van der Waals surface area contributed by atoms with Crippen molar-refractivity contribution in [2.24, 2.45) is 0 Å². The van der Waals surface area contributed by atoms with E-state index >= 15 is 0 Å². The van der Waals surface area contributed by atoms with E-state index in [1.165, 1.54) is 16.0 Å². The Bertz CT molecular complexity index is 1150. The van der Waals surface area contributed by atoms with Gasteiger partial charge in [-0.05, 0) is 42.0 Å². The molecule has 4 aromatic rings. The number of para-hydroxylation sites is 1. The highest BCUT2D eigenvalue weighted by atomic mass is 32.1. The summed E-state index contributed by atoms with van der Waals surface area (Å²) in [4.78, 5) is 21.5. The maximum atomic E-state index is 12.5. The van der Waals surface area contributed by atoms with Crippen LogP contribution in [0.2, 0.25) is 0 Å². The zero-order chi connectivity index (χ0) is 20.4. The van der Waals surface area contributed by atoms with Gasteiger partial charge in [0, 0.05) is 5.56 Å². The molecular formula is C24H26N3OS+. The Hall–Kier alpha value is -2.76. The van der Waals surface area contributed by atoms with Crippen molar-refractivity contribution in [3.63, 3.8) is 0 Å². The van der Waals surface area contributed by atoms with Crippen LogP contribution < -0.4 is 10.9 Å². The van der Waals surface area contributed by atoms with Crippen LogP contribution in [0.3, 0.4) is 0 Å².